The summed E-state index contributed by atoms with van der Waals surface area (Å²) < 4.78 is 72.0. The van der Waals surface area contributed by atoms with Crippen LogP contribution in [0.5, 0.6) is 0 Å². The predicted molar refractivity (Wildman–Crippen MR) is 63.9 cm³/mol. The fraction of sp³-hybridized carbons (Fsp3) is 0.538. The van der Waals surface area contributed by atoms with E-state index in [0.29, 0.717) is 9.76 Å². The van der Waals surface area contributed by atoms with Crippen molar-refractivity contribution >= 4 is 9.76 Å². The quantitative estimate of drug-likeness (QED) is 0.354. The first-order chi connectivity index (χ1) is 9.43. The minimum Gasteiger partial charge on any atom is -0.415 e. The van der Waals surface area contributed by atoms with Crippen molar-refractivity contribution in [1.29, 1.82) is 0 Å². The van der Waals surface area contributed by atoms with Crippen molar-refractivity contribution in [3.05, 3.63) is 34.6 Å². The number of rotatable bonds is 3. The van der Waals surface area contributed by atoms with Gasteiger partial charge in [-0.25, -0.2) is 22.0 Å². The van der Waals surface area contributed by atoms with E-state index >= 15 is 0 Å². The van der Waals surface area contributed by atoms with E-state index in [4.69, 9.17) is 4.43 Å². The summed E-state index contributed by atoms with van der Waals surface area (Å²) in [6, 6.07) is 0.952. The third-order valence-corrected chi connectivity index (χ3v) is 4.47. The Balaban J connectivity index is 2.27. The van der Waals surface area contributed by atoms with Crippen molar-refractivity contribution < 1.29 is 26.4 Å². The maximum atomic E-state index is 13.6. The van der Waals surface area contributed by atoms with Gasteiger partial charge >= 0.3 is 0 Å². The van der Waals surface area contributed by atoms with Gasteiger partial charge in [-0.3, -0.25) is 0 Å². The molecule has 0 bridgehead atoms. The third kappa shape index (κ3) is 2.88. The van der Waals surface area contributed by atoms with Gasteiger partial charge < -0.3 is 4.43 Å². The van der Waals surface area contributed by atoms with Crippen LogP contribution in [0.25, 0.3) is 0 Å². The summed E-state index contributed by atoms with van der Waals surface area (Å²) in [4.78, 5) is 0. The molecule has 1 nitrogen and oxygen atoms in total. The van der Waals surface area contributed by atoms with Crippen LogP contribution in [0.15, 0.2) is 0 Å². The molecule has 1 fully saturated rings. The van der Waals surface area contributed by atoms with Gasteiger partial charge in [0.05, 0.1) is 0 Å². The normalized spacial score (nSPS) is 21.0. The minimum absolute atomic E-state index is 0.188. The van der Waals surface area contributed by atoms with Crippen molar-refractivity contribution in [3.63, 3.8) is 0 Å². The molecule has 7 heteroatoms. The lowest BCUT2D eigenvalue weighted by molar-refractivity contribution is 0.163. The topological polar surface area (TPSA) is 9.23 Å². The zero-order valence-electron chi connectivity index (χ0n) is 10.8. The molecule has 0 N–H and O–H groups in total. The number of hydrogen-bond donors (Lipinski definition) is 0. The second-order valence-corrected chi connectivity index (χ2v) is 5.92. The van der Waals surface area contributed by atoms with Gasteiger partial charge in [0, 0.05) is 11.7 Å². The van der Waals surface area contributed by atoms with Crippen LogP contribution in [-0.4, -0.2) is 15.9 Å². The van der Waals surface area contributed by atoms with Crippen LogP contribution in [0.1, 0.15) is 37.7 Å². The second-order valence-electron chi connectivity index (χ2n) is 4.90. The molecule has 1 aromatic rings. The van der Waals surface area contributed by atoms with Gasteiger partial charge in [0.2, 0.25) is 15.6 Å². The zero-order valence-corrected chi connectivity index (χ0v) is 11.8. The minimum atomic E-state index is -2.12. The van der Waals surface area contributed by atoms with Crippen molar-refractivity contribution in [2.75, 3.05) is 0 Å². The smallest absolute Gasteiger partial charge is 0.230 e. The summed E-state index contributed by atoms with van der Waals surface area (Å²) in [5.74, 6) is -10.2. The first kappa shape index (κ1) is 15.4. The summed E-state index contributed by atoms with van der Waals surface area (Å²) in [6.45, 7) is 1.44. The highest BCUT2D eigenvalue weighted by atomic mass is 28.2. The molecule has 1 saturated heterocycles. The molecular formula is C13H13F5OSi. The van der Waals surface area contributed by atoms with Gasteiger partial charge in [-0.1, -0.05) is 13.3 Å². The van der Waals surface area contributed by atoms with Crippen molar-refractivity contribution in [1.82, 2.24) is 0 Å². The Morgan fingerprint density at radius 2 is 1.60 bits per heavy atom. The van der Waals surface area contributed by atoms with Crippen LogP contribution < -0.4 is 0 Å². The zero-order chi connectivity index (χ0) is 14.9. The molecule has 20 heavy (non-hydrogen) atoms. The Labute approximate surface area is 116 Å². The van der Waals surface area contributed by atoms with Crippen LogP contribution in [0.3, 0.4) is 0 Å². The standard InChI is InChI=1S/C13H13F5OSi/c1-6(5-7-3-2-4-20-19-7)8-9(14)11(16)13(18)12(17)10(8)15/h6-7H,2-5H2,1H3. The lowest BCUT2D eigenvalue weighted by Gasteiger charge is -2.25. The highest BCUT2D eigenvalue weighted by molar-refractivity contribution is 6.27. The molecule has 2 unspecified atom stereocenters. The average Bonchev–Trinajstić information content (AvgIpc) is 2.44. The maximum Gasteiger partial charge on any atom is 0.230 e. The molecule has 2 rings (SSSR count). The molecule has 1 heterocycles. The molecule has 1 aliphatic heterocycles. The molecule has 1 aliphatic rings. The van der Waals surface area contributed by atoms with E-state index in [1.165, 1.54) is 6.92 Å². The lowest BCUT2D eigenvalue weighted by Crippen LogP contribution is -2.23. The van der Waals surface area contributed by atoms with E-state index in [-0.39, 0.29) is 12.5 Å². The predicted octanol–water partition coefficient (Wildman–Crippen LogP) is 4.09. The van der Waals surface area contributed by atoms with Gasteiger partial charge in [-0.15, -0.1) is 0 Å². The first-order valence-corrected chi connectivity index (χ1v) is 7.44. The second kappa shape index (κ2) is 6.22. The maximum absolute atomic E-state index is 13.6. The molecule has 2 atom stereocenters. The SMILES string of the molecule is CC(CC1CCC[Si]O1)c1c(F)c(F)c(F)c(F)c1F. The Kier molecular flexibility index (Phi) is 4.80. The summed E-state index contributed by atoms with van der Waals surface area (Å²) >= 11 is 0. The summed E-state index contributed by atoms with van der Waals surface area (Å²) in [5.41, 5.74) is -0.751. The number of halogens is 5. The lowest BCUT2D eigenvalue weighted by atomic mass is 9.92. The van der Waals surface area contributed by atoms with E-state index in [0.717, 1.165) is 18.9 Å². The van der Waals surface area contributed by atoms with E-state index in [1.807, 2.05) is 0 Å². The molecule has 0 aliphatic carbocycles. The van der Waals surface area contributed by atoms with Crippen molar-refractivity contribution in [2.24, 2.45) is 0 Å². The van der Waals surface area contributed by atoms with Crippen molar-refractivity contribution in [3.8, 4) is 0 Å². The molecule has 0 spiro atoms. The van der Waals surface area contributed by atoms with Crippen LogP contribution in [0.4, 0.5) is 22.0 Å². The van der Waals surface area contributed by atoms with E-state index in [1.54, 1.807) is 0 Å². The highest BCUT2D eigenvalue weighted by Gasteiger charge is 2.30. The average molecular weight is 308 g/mol. The van der Waals surface area contributed by atoms with Crippen LogP contribution in [0, 0.1) is 29.1 Å². The van der Waals surface area contributed by atoms with Crippen LogP contribution in [-0.2, 0) is 4.43 Å². The Morgan fingerprint density at radius 1 is 1.05 bits per heavy atom. The summed E-state index contributed by atoms with van der Waals surface area (Å²) in [7, 11) is 0.331. The van der Waals surface area contributed by atoms with Crippen LogP contribution >= 0.6 is 0 Å². The van der Waals surface area contributed by atoms with Gasteiger partial charge in [0.25, 0.3) is 0 Å². The molecule has 110 valence electrons. The largest absolute Gasteiger partial charge is 0.415 e. The Bertz CT molecular complexity index is 473. The summed E-state index contributed by atoms with van der Waals surface area (Å²) in [6.07, 6.45) is 1.75. The fourth-order valence-electron chi connectivity index (χ4n) is 2.37. The van der Waals surface area contributed by atoms with E-state index in [9.17, 15) is 22.0 Å². The molecule has 0 saturated carbocycles. The fourth-order valence-corrected chi connectivity index (χ4v) is 3.29. The van der Waals surface area contributed by atoms with Gasteiger partial charge in [0.15, 0.2) is 23.3 Å². The van der Waals surface area contributed by atoms with Gasteiger partial charge in [-0.2, -0.15) is 0 Å². The Morgan fingerprint density at radius 3 is 2.10 bits per heavy atom. The molecule has 1 aromatic carbocycles. The van der Waals surface area contributed by atoms with E-state index < -0.39 is 40.6 Å². The molecular weight excluding hydrogens is 295 g/mol. The van der Waals surface area contributed by atoms with E-state index in [2.05, 4.69) is 0 Å². The number of hydrogen-bond acceptors (Lipinski definition) is 1. The summed E-state index contributed by atoms with van der Waals surface area (Å²) in [5, 5.41) is 0. The van der Waals surface area contributed by atoms with Crippen molar-refractivity contribution in [2.45, 2.75) is 44.3 Å². The molecule has 2 radical (unpaired) electrons. The monoisotopic (exact) mass is 308 g/mol. The Hall–Kier alpha value is -0.953. The third-order valence-electron chi connectivity index (χ3n) is 3.41. The molecule has 0 aromatic heterocycles. The highest BCUT2D eigenvalue weighted by Crippen LogP contribution is 2.32. The number of benzene rings is 1. The first-order valence-electron chi connectivity index (χ1n) is 6.33. The van der Waals surface area contributed by atoms with Gasteiger partial charge in [-0.05, 0) is 24.8 Å². The van der Waals surface area contributed by atoms with Crippen LogP contribution in [0.2, 0.25) is 6.04 Å². The molecule has 0 amide bonds. The van der Waals surface area contributed by atoms with Gasteiger partial charge in [0.1, 0.15) is 0 Å².